The Bertz CT molecular complexity index is 379. The summed E-state index contributed by atoms with van der Waals surface area (Å²) in [7, 11) is 1.93. The fourth-order valence-corrected chi connectivity index (χ4v) is 4.46. The fraction of sp³-hybridized carbons (Fsp3) is 0.941. The van der Waals surface area contributed by atoms with E-state index in [4.69, 9.17) is 0 Å². The summed E-state index contributed by atoms with van der Waals surface area (Å²) in [4.78, 5) is 14.9. The average Bonchev–Trinajstić information content (AvgIpc) is 3.20. The van der Waals surface area contributed by atoms with Crippen LogP contribution in [0.1, 0.15) is 52.4 Å². The summed E-state index contributed by atoms with van der Waals surface area (Å²) in [6, 6.07) is 0.0195. The Morgan fingerprint density at radius 3 is 2.90 bits per heavy atom. The van der Waals surface area contributed by atoms with Gasteiger partial charge in [0.05, 0.1) is 6.04 Å². The van der Waals surface area contributed by atoms with Crippen LogP contribution in [0.3, 0.4) is 0 Å². The van der Waals surface area contributed by atoms with E-state index in [0.717, 1.165) is 43.7 Å². The highest BCUT2D eigenvalue weighted by Gasteiger charge is 2.46. The molecule has 4 unspecified atom stereocenters. The van der Waals surface area contributed by atoms with E-state index >= 15 is 0 Å². The minimum Gasteiger partial charge on any atom is -0.341 e. The summed E-state index contributed by atoms with van der Waals surface area (Å²) >= 11 is 0. The molecule has 0 bridgehead atoms. The quantitative estimate of drug-likeness (QED) is 0.861. The number of hydrogen-bond acceptors (Lipinski definition) is 2. The van der Waals surface area contributed by atoms with E-state index in [1.54, 1.807) is 0 Å². The predicted molar refractivity (Wildman–Crippen MR) is 81.4 cm³/mol. The van der Waals surface area contributed by atoms with Crippen molar-refractivity contribution >= 4 is 5.91 Å². The first-order valence-electron chi connectivity index (χ1n) is 8.46. The highest BCUT2D eigenvalue weighted by atomic mass is 16.2. The van der Waals surface area contributed by atoms with Crippen LogP contribution in [0.4, 0.5) is 0 Å². The number of nitrogens with one attached hydrogen (secondary N) is 1. The van der Waals surface area contributed by atoms with Gasteiger partial charge in [0.15, 0.2) is 0 Å². The fourth-order valence-electron chi connectivity index (χ4n) is 4.46. The van der Waals surface area contributed by atoms with Gasteiger partial charge in [-0.1, -0.05) is 26.7 Å². The van der Waals surface area contributed by atoms with Crippen molar-refractivity contribution in [2.45, 2.75) is 58.4 Å². The molecule has 1 saturated heterocycles. The summed E-state index contributed by atoms with van der Waals surface area (Å²) in [5.74, 6) is 3.09. The zero-order chi connectivity index (χ0) is 14.3. The molecule has 2 aliphatic carbocycles. The minimum atomic E-state index is 0.0195. The molecule has 1 N–H and O–H groups in total. The van der Waals surface area contributed by atoms with E-state index in [9.17, 15) is 4.79 Å². The number of likely N-dealkylation sites (N-methyl/N-ethyl adjacent to an activating group) is 1. The molecule has 3 fully saturated rings. The molecule has 3 rings (SSSR count). The van der Waals surface area contributed by atoms with Crippen LogP contribution in [0.2, 0.25) is 0 Å². The summed E-state index contributed by atoms with van der Waals surface area (Å²) < 4.78 is 0. The molecule has 1 aliphatic heterocycles. The molecule has 3 aliphatic rings. The van der Waals surface area contributed by atoms with Gasteiger partial charge in [0.1, 0.15) is 0 Å². The monoisotopic (exact) mass is 278 g/mol. The number of amides is 1. The maximum Gasteiger partial charge on any atom is 0.239 e. The number of rotatable bonds is 3. The second-order valence-corrected chi connectivity index (χ2v) is 8.09. The molecule has 20 heavy (non-hydrogen) atoms. The lowest BCUT2D eigenvalue weighted by molar-refractivity contribution is -0.133. The number of likely N-dealkylation sites (tertiary alicyclic amines) is 1. The predicted octanol–water partition coefficient (Wildman–Crippen LogP) is 2.66. The molecular formula is C17H30N2O. The van der Waals surface area contributed by atoms with Crippen LogP contribution in [0.25, 0.3) is 0 Å². The van der Waals surface area contributed by atoms with E-state index < -0.39 is 0 Å². The van der Waals surface area contributed by atoms with Crippen LogP contribution < -0.4 is 5.32 Å². The first-order chi connectivity index (χ1) is 9.50. The van der Waals surface area contributed by atoms with Gasteiger partial charge in [0.2, 0.25) is 5.91 Å². The van der Waals surface area contributed by atoms with Gasteiger partial charge in [-0.2, -0.15) is 0 Å². The molecule has 0 aromatic rings. The summed E-state index contributed by atoms with van der Waals surface area (Å²) in [6.07, 6.45) is 7.72. The van der Waals surface area contributed by atoms with E-state index in [2.05, 4.69) is 24.1 Å². The highest BCUT2D eigenvalue weighted by molar-refractivity contribution is 5.82. The maximum absolute atomic E-state index is 12.7. The minimum absolute atomic E-state index is 0.0195. The second kappa shape index (κ2) is 5.32. The van der Waals surface area contributed by atoms with Gasteiger partial charge in [-0.05, 0) is 55.9 Å². The first-order valence-corrected chi connectivity index (χ1v) is 8.46. The van der Waals surface area contributed by atoms with E-state index in [1.807, 2.05) is 7.05 Å². The Kier molecular flexibility index (Phi) is 3.83. The van der Waals surface area contributed by atoms with Crippen LogP contribution in [-0.2, 0) is 4.79 Å². The molecule has 0 aromatic carbocycles. The highest BCUT2D eigenvalue weighted by Crippen LogP contribution is 2.53. The Balaban J connectivity index is 1.66. The first kappa shape index (κ1) is 14.4. The van der Waals surface area contributed by atoms with Crippen molar-refractivity contribution in [1.29, 1.82) is 0 Å². The van der Waals surface area contributed by atoms with Gasteiger partial charge in [-0.3, -0.25) is 4.79 Å². The SMILES string of the molecule is CNC1CC(C)(C)CCN(CC2CCCC3CC32)C1=O. The molecule has 1 heterocycles. The van der Waals surface area contributed by atoms with Gasteiger partial charge < -0.3 is 10.2 Å². The lowest BCUT2D eigenvalue weighted by Gasteiger charge is -2.30. The normalized spacial score (nSPS) is 40.1. The van der Waals surface area contributed by atoms with Crippen LogP contribution in [0, 0.1) is 23.2 Å². The average molecular weight is 278 g/mol. The van der Waals surface area contributed by atoms with E-state index in [-0.39, 0.29) is 11.5 Å². The van der Waals surface area contributed by atoms with Crippen molar-refractivity contribution in [1.82, 2.24) is 10.2 Å². The van der Waals surface area contributed by atoms with Crippen LogP contribution in [-0.4, -0.2) is 37.0 Å². The lowest BCUT2D eigenvalue weighted by atomic mass is 9.83. The van der Waals surface area contributed by atoms with Gasteiger partial charge >= 0.3 is 0 Å². The number of fused-ring (bicyclic) bond motifs is 1. The summed E-state index contributed by atoms with van der Waals surface area (Å²) in [5, 5.41) is 3.25. The number of carbonyl (C=O) groups excluding carboxylic acids is 1. The number of carbonyl (C=O) groups is 1. The van der Waals surface area contributed by atoms with Gasteiger partial charge in [0, 0.05) is 13.1 Å². The third kappa shape index (κ3) is 2.88. The molecule has 1 amide bonds. The van der Waals surface area contributed by atoms with Crippen molar-refractivity contribution in [2.75, 3.05) is 20.1 Å². The maximum atomic E-state index is 12.7. The molecule has 3 nitrogen and oxygen atoms in total. The van der Waals surface area contributed by atoms with Crippen LogP contribution in [0.15, 0.2) is 0 Å². The van der Waals surface area contributed by atoms with Crippen molar-refractivity contribution in [3.05, 3.63) is 0 Å². The molecule has 0 spiro atoms. The van der Waals surface area contributed by atoms with Crippen molar-refractivity contribution in [3.63, 3.8) is 0 Å². The van der Waals surface area contributed by atoms with Crippen molar-refractivity contribution in [3.8, 4) is 0 Å². The molecule has 114 valence electrons. The standard InChI is InChI=1S/C17H30N2O/c1-17(2)7-8-19(16(20)15(10-17)18-3)11-13-6-4-5-12-9-14(12)13/h12-15,18H,4-11H2,1-3H3. The Morgan fingerprint density at radius 1 is 1.35 bits per heavy atom. The third-order valence-electron chi connectivity index (χ3n) is 5.96. The topological polar surface area (TPSA) is 32.3 Å². The van der Waals surface area contributed by atoms with Crippen LogP contribution in [0.5, 0.6) is 0 Å². The zero-order valence-corrected chi connectivity index (χ0v) is 13.3. The zero-order valence-electron chi connectivity index (χ0n) is 13.3. The Morgan fingerprint density at radius 2 is 2.15 bits per heavy atom. The lowest BCUT2D eigenvalue weighted by Crippen LogP contribution is -2.46. The second-order valence-electron chi connectivity index (χ2n) is 8.09. The number of nitrogens with zero attached hydrogens (tertiary/aromatic N) is 1. The molecule has 3 heteroatoms. The summed E-state index contributed by atoms with van der Waals surface area (Å²) in [6.45, 7) is 6.57. The summed E-state index contributed by atoms with van der Waals surface area (Å²) in [5.41, 5.74) is 0.271. The molecular weight excluding hydrogens is 248 g/mol. The van der Waals surface area contributed by atoms with Gasteiger partial charge in [-0.25, -0.2) is 0 Å². The molecule has 2 saturated carbocycles. The van der Waals surface area contributed by atoms with E-state index in [1.165, 1.54) is 25.7 Å². The smallest absolute Gasteiger partial charge is 0.239 e. The third-order valence-corrected chi connectivity index (χ3v) is 5.96. The Hall–Kier alpha value is -0.570. The van der Waals surface area contributed by atoms with Crippen molar-refractivity contribution in [2.24, 2.45) is 23.2 Å². The Labute approximate surface area is 123 Å². The van der Waals surface area contributed by atoms with E-state index in [0.29, 0.717) is 5.91 Å². The van der Waals surface area contributed by atoms with Crippen molar-refractivity contribution < 1.29 is 4.79 Å². The largest absolute Gasteiger partial charge is 0.341 e. The molecule has 0 aromatic heterocycles. The van der Waals surface area contributed by atoms with Gasteiger partial charge in [0.25, 0.3) is 0 Å². The van der Waals surface area contributed by atoms with Gasteiger partial charge in [-0.15, -0.1) is 0 Å². The van der Waals surface area contributed by atoms with Crippen LogP contribution >= 0.6 is 0 Å². The molecule has 4 atom stereocenters. The molecule has 0 radical (unpaired) electrons. The number of hydrogen-bond donors (Lipinski definition) is 1.